The highest BCUT2D eigenvalue weighted by Gasteiger charge is 2.09. The van der Waals surface area contributed by atoms with Gasteiger partial charge in [-0.25, -0.2) is 0 Å². The van der Waals surface area contributed by atoms with Gasteiger partial charge in [0.25, 0.3) is 0 Å². The molecule has 0 fully saturated rings. The zero-order chi connectivity index (χ0) is 16.2. The smallest absolute Gasteiger partial charge is 0.193 e. The lowest BCUT2D eigenvalue weighted by Gasteiger charge is -2.07. The van der Waals surface area contributed by atoms with Crippen LogP contribution in [0.2, 0.25) is 0 Å². The van der Waals surface area contributed by atoms with Crippen molar-refractivity contribution in [2.75, 3.05) is 5.73 Å². The third-order valence-corrected chi connectivity index (χ3v) is 3.34. The Balaban J connectivity index is 1.76. The number of phenolic OH excluding ortho intramolecular Hbond substituents is 1. The van der Waals surface area contributed by atoms with Crippen LogP contribution in [0.25, 0.3) is 0 Å². The predicted molar refractivity (Wildman–Crippen MR) is 88.9 cm³/mol. The van der Waals surface area contributed by atoms with Gasteiger partial charge in [-0.05, 0) is 60.7 Å². The normalized spacial score (nSPS) is 10.3. The number of nitrogens with two attached hydrogens (primary N) is 1. The number of ketones is 1. The van der Waals surface area contributed by atoms with E-state index in [1.165, 1.54) is 12.1 Å². The molecule has 0 saturated carbocycles. The van der Waals surface area contributed by atoms with E-state index in [0.29, 0.717) is 28.3 Å². The molecule has 23 heavy (non-hydrogen) atoms. The number of hydrogen-bond acceptors (Lipinski definition) is 4. The highest BCUT2D eigenvalue weighted by molar-refractivity contribution is 6.09. The maximum atomic E-state index is 12.3. The first kappa shape index (κ1) is 14.7. The summed E-state index contributed by atoms with van der Waals surface area (Å²) in [5, 5.41) is 9.27. The second kappa shape index (κ2) is 6.23. The summed E-state index contributed by atoms with van der Waals surface area (Å²) in [5.41, 5.74) is 7.41. The second-order valence-corrected chi connectivity index (χ2v) is 5.07. The molecule has 0 spiro atoms. The number of aromatic hydroxyl groups is 1. The maximum Gasteiger partial charge on any atom is 0.193 e. The number of carbonyl (C=O) groups excluding carboxylic acids is 1. The van der Waals surface area contributed by atoms with Crippen molar-refractivity contribution in [2.45, 2.75) is 0 Å². The lowest BCUT2D eigenvalue weighted by Crippen LogP contribution is -2.00. The van der Waals surface area contributed by atoms with Gasteiger partial charge < -0.3 is 15.6 Å². The monoisotopic (exact) mass is 305 g/mol. The van der Waals surface area contributed by atoms with Crippen molar-refractivity contribution in [3.8, 4) is 17.2 Å². The molecule has 3 aromatic carbocycles. The van der Waals surface area contributed by atoms with E-state index in [2.05, 4.69) is 0 Å². The van der Waals surface area contributed by atoms with Crippen molar-refractivity contribution in [2.24, 2.45) is 0 Å². The Labute approximate surface area is 133 Å². The van der Waals surface area contributed by atoms with Crippen molar-refractivity contribution >= 4 is 11.5 Å². The van der Waals surface area contributed by atoms with Crippen molar-refractivity contribution in [3.05, 3.63) is 83.9 Å². The number of anilines is 1. The maximum absolute atomic E-state index is 12.3. The number of hydrogen-bond donors (Lipinski definition) is 2. The van der Waals surface area contributed by atoms with Gasteiger partial charge in [-0.3, -0.25) is 4.79 Å². The van der Waals surface area contributed by atoms with Crippen LogP contribution in [0.5, 0.6) is 17.2 Å². The van der Waals surface area contributed by atoms with Crippen LogP contribution < -0.4 is 10.5 Å². The molecule has 0 aliphatic heterocycles. The van der Waals surface area contributed by atoms with Gasteiger partial charge in [-0.15, -0.1) is 0 Å². The van der Waals surface area contributed by atoms with Crippen molar-refractivity contribution in [3.63, 3.8) is 0 Å². The number of phenols is 1. The van der Waals surface area contributed by atoms with Crippen molar-refractivity contribution < 1.29 is 14.6 Å². The van der Waals surface area contributed by atoms with Crippen LogP contribution in [0.4, 0.5) is 5.69 Å². The summed E-state index contributed by atoms with van der Waals surface area (Å²) in [6, 6.07) is 20.2. The van der Waals surface area contributed by atoms with E-state index in [1.807, 2.05) is 12.1 Å². The Bertz CT molecular complexity index is 824. The second-order valence-electron chi connectivity index (χ2n) is 5.07. The van der Waals surface area contributed by atoms with Crippen LogP contribution in [0, 0.1) is 0 Å². The molecule has 0 heterocycles. The van der Waals surface area contributed by atoms with E-state index in [0.717, 1.165) is 0 Å². The van der Waals surface area contributed by atoms with Gasteiger partial charge in [0.15, 0.2) is 5.78 Å². The summed E-state index contributed by atoms with van der Waals surface area (Å²) in [5.74, 6) is 1.29. The number of nitrogen functional groups attached to an aromatic ring is 1. The topological polar surface area (TPSA) is 72.5 Å². The van der Waals surface area contributed by atoms with Gasteiger partial charge in [0.2, 0.25) is 0 Å². The fraction of sp³-hybridized carbons (Fsp3) is 0. The summed E-state index contributed by atoms with van der Waals surface area (Å²) in [4.78, 5) is 12.3. The van der Waals surface area contributed by atoms with E-state index >= 15 is 0 Å². The first-order valence-corrected chi connectivity index (χ1v) is 7.09. The third-order valence-electron chi connectivity index (χ3n) is 3.34. The van der Waals surface area contributed by atoms with Crippen molar-refractivity contribution in [1.82, 2.24) is 0 Å². The van der Waals surface area contributed by atoms with E-state index < -0.39 is 0 Å². The first-order valence-electron chi connectivity index (χ1n) is 7.09. The fourth-order valence-electron chi connectivity index (χ4n) is 2.17. The highest BCUT2D eigenvalue weighted by Crippen LogP contribution is 2.24. The highest BCUT2D eigenvalue weighted by atomic mass is 16.5. The largest absolute Gasteiger partial charge is 0.508 e. The first-order chi connectivity index (χ1) is 11.1. The lowest BCUT2D eigenvalue weighted by molar-refractivity contribution is 0.103. The number of rotatable bonds is 4. The average molecular weight is 305 g/mol. The van der Waals surface area contributed by atoms with Gasteiger partial charge in [0.05, 0.1) is 0 Å². The number of ether oxygens (including phenoxy) is 1. The molecule has 3 rings (SSSR count). The summed E-state index contributed by atoms with van der Waals surface area (Å²) >= 11 is 0. The van der Waals surface area contributed by atoms with Crippen LogP contribution in [0.1, 0.15) is 15.9 Å². The van der Waals surface area contributed by atoms with Gasteiger partial charge in [-0.2, -0.15) is 0 Å². The van der Waals surface area contributed by atoms with Gasteiger partial charge in [0.1, 0.15) is 17.2 Å². The van der Waals surface area contributed by atoms with Gasteiger partial charge in [-0.1, -0.05) is 6.07 Å². The molecule has 0 aromatic heterocycles. The Morgan fingerprint density at radius 1 is 0.826 bits per heavy atom. The molecule has 0 radical (unpaired) electrons. The SMILES string of the molecule is Nc1cccc(Oc2ccc(C(=O)c3ccc(O)cc3)cc2)c1. The van der Waals surface area contributed by atoms with Gasteiger partial charge in [0, 0.05) is 22.9 Å². The molecule has 4 heteroatoms. The molecule has 3 aromatic rings. The lowest BCUT2D eigenvalue weighted by atomic mass is 10.0. The van der Waals surface area contributed by atoms with E-state index in [-0.39, 0.29) is 11.5 Å². The van der Waals surface area contributed by atoms with E-state index in [4.69, 9.17) is 10.5 Å². The van der Waals surface area contributed by atoms with E-state index in [1.54, 1.807) is 48.5 Å². The molecular formula is C19H15NO3. The zero-order valence-corrected chi connectivity index (χ0v) is 12.3. The molecule has 0 bridgehead atoms. The van der Waals surface area contributed by atoms with Crippen LogP contribution in [-0.2, 0) is 0 Å². The zero-order valence-electron chi connectivity index (χ0n) is 12.3. The number of carbonyl (C=O) groups is 1. The average Bonchev–Trinajstić information content (AvgIpc) is 2.56. The molecule has 0 unspecified atom stereocenters. The minimum atomic E-state index is -0.111. The van der Waals surface area contributed by atoms with Crippen LogP contribution >= 0.6 is 0 Å². The molecule has 3 N–H and O–H groups in total. The molecule has 4 nitrogen and oxygen atoms in total. The molecule has 0 atom stereocenters. The Hall–Kier alpha value is -3.27. The Morgan fingerprint density at radius 2 is 1.43 bits per heavy atom. The molecule has 0 saturated heterocycles. The summed E-state index contributed by atoms with van der Waals surface area (Å²) in [6.45, 7) is 0. The molecular weight excluding hydrogens is 290 g/mol. The van der Waals surface area contributed by atoms with Crippen LogP contribution in [0.15, 0.2) is 72.8 Å². The molecule has 0 aliphatic carbocycles. The van der Waals surface area contributed by atoms with Crippen LogP contribution in [0.3, 0.4) is 0 Å². The standard InChI is InChI=1S/C19H15NO3/c20-15-2-1-3-18(12-15)23-17-10-6-14(7-11-17)19(22)13-4-8-16(21)9-5-13/h1-12,21H,20H2. The summed E-state index contributed by atoms with van der Waals surface area (Å²) in [7, 11) is 0. The predicted octanol–water partition coefficient (Wildman–Crippen LogP) is 4.00. The van der Waals surface area contributed by atoms with Crippen molar-refractivity contribution in [1.29, 1.82) is 0 Å². The van der Waals surface area contributed by atoms with Gasteiger partial charge >= 0.3 is 0 Å². The minimum Gasteiger partial charge on any atom is -0.508 e. The Morgan fingerprint density at radius 3 is 2.04 bits per heavy atom. The molecule has 0 amide bonds. The number of benzene rings is 3. The Kier molecular flexibility index (Phi) is 3.97. The summed E-state index contributed by atoms with van der Waals surface area (Å²) < 4.78 is 5.69. The quantitative estimate of drug-likeness (QED) is 0.564. The molecule has 114 valence electrons. The third kappa shape index (κ3) is 3.49. The minimum absolute atomic E-state index is 0.111. The summed E-state index contributed by atoms with van der Waals surface area (Å²) in [6.07, 6.45) is 0. The van der Waals surface area contributed by atoms with Crippen LogP contribution in [-0.4, -0.2) is 10.9 Å². The molecule has 0 aliphatic rings. The fourth-order valence-corrected chi connectivity index (χ4v) is 2.17. The van der Waals surface area contributed by atoms with E-state index in [9.17, 15) is 9.90 Å².